The Morgan fingerprint density at radius 3 is 2.25 bits per heavy atom. The summed E-state index contributed by atoms with van der Waals surface area (Å²) in [5, 5.41) is 28.3. The van der Waals surface area contributed by atoms with Crippen molar-refractivity contribution < 1.29 is 32.7 Å². The molecule has 0 radical (unpaired) electrons. The van der Waals surface area contributed by atoms with Gasteiger partial charge in [0.05, 0.1) is 19.0 Å². The fourth-order valence-electron chi connectivity index (χ4n) is 1.46. The maximum absolute atomic E-state index is 10.7. The number of hydrogen-bond donors (Lipinski definition) is 3. The van der Waals surface area contributed by atoms with Crippen molar-refractivity contribution in [3.05, 3.63) is 0 Å². The van der Waals surface area contributed by atoms with E-state index >= 15 is 0 Å². The van der Waals surface area contributed by atoms with Crippen LogP contribution < -0.4 is 0 Å². The molecule has 1 unspecified atom stereocenters. The van der Waals surface area contributed by atoms with Gasteiger partial charge in [0.1, 0.15) is 24.4 Å². The zero-order chi connectivity index (χ0) is 12.5. The molecule has 0 bridgehead atoms. The quantitative estimate of drug-likeness (QED) is 0.492. The first-order chi connectivity index (χ1) is 7.22. The maximum Gasteiger partial charge on any atom is 0.264 e. The molecule has 0 aromatic carbocycles. The van der Waals surface area contributed by atoms with Crippen molar-refractivity contribution in [2.24, 2.45) is 0 Å². The highest BCUT2D eigenvalue weighted by atomic mass is 32.2. The van der Waals surface area contributed by atoms with Gasteiger partial charge in [0, 0.05) is 0 Å². The molecule has 96 valence electrons. The van der Waals surface area contributed by atoms with E-state index in [2.05, 4.69) is 4.18 Å². The predicted octanol–water partition coefficient (Wildman–Crippen LogP) is -2.17. The van der Waals surface area contributed by atoms with E-state index in [0.717, 1.165) is 6.26 Å². The predicted molar refractivity (Wildman–Crippen MR) is 53.2 cm³/mol. The van der Waals surface area contributed by atoms with Crippen LogP contribution in [0.3, 0.4) is 0 Å². The van der Waals surface area contributed by atoms with Gasteiger partial charge in [-0.05, 0) is 6.92 Å². The topological polar surface area (TPSA) is 113 Å². The molecule has 0 saturated carbocycles. The van der Waals surface area contributed by atoms with Crippen LogP contribution in [0.15, 0.2) is 0 Å². The van der Waals surface area contributed by atoms with Crippen LogP contribution in [-0.4, -0.2) is 67.1 Å². The number of hydrogen-bond acceptors (Lipinski definition) is 7. The molecule has 0 spiro atoms. The second-order valence-electron chi connectivity index (χ2n) is 3.84. The molecule has 1 rings (SSSR count). The van der Waals surface area contributed by atoms with Gasteiger partial charge in [-0.1, -0.05) is 0 Å². The standard InChI is InChI=1S/C8H16O7S/c1-4-6(9)8(11)7(10)5(15-4)3-14-16(2,12)13/h4-11H,3H2,1-2H3/t4?,5-,6-,7-,8-/m1/s1. The van der Waals surface area contributed by atoms with Crippen LogP contribution in [0.25, 0.3) is 0 Å². The summed E-state index contributed by atoms with van der Waals surface area (Å²) in [6.45, 7) is 1.11. The zero-order valence-electron chi connectivity index (χ0n) is 8.98. The lowest BCUT2D eigenvalue weighted by atomic mass is 9.96. The molecule has 0 amide bonds. The first-order valence-electron chi connectivity index (χ1n) is 4.76. The summed E-state index contributed by atoms with van der Waals surface area (Å²) >= 11 is 0. The van der Waals surface area contributed by atoms with Crippen LogP contribution >= 0.6 is 0 Å². The Labute approximate surface area is 93.7 Å². The molecule has 1 heterocycles. The van der Waals surface area contributed by atoms with E-state index in [1.165, 1.54) is 6.92 Å². The lowest BCUT2D eigenvalue weighted by molar-refractivity contribution is -0.222. The van der Waals surface area contributed by atoms with Gasteiger partial charge in [0.2, 0.25) is 0 Å². The van der Waals surface area contributed by atoms with Gasteiger partial charge in [-0.2, -0.15) is 8.42 Å². The summed E-state index contributed by atoms with van der Waals surface area (Å²) in [5.74, 6) is 0. The lowest BCUT2D eigenvalue weighted by Gasteiger charge is -2.38. The Balaban J connectivity index is 2.61. The Kier molecular flexibility index (Phi) is 4.27. The number of rotatable bonds is 3. The number of ether oxygens (including phenoxy) is 1. The highest BCUT2D eigenvalue weighted by molar-refractivity contribution is 7.85. The molecule has 16 heavy (non-hydrogen) atoms. The van der Waals surface area contributed by atoms with Gasteiger partial charge in [0.25, 0.3) is 10.1 Å². The van der Waals surface area contributed by atoms with E-state index in [4.69, 9.17) is 4.74 Å². The second-order valence-corrected chi connectivity index (χ2v) is 5.48. The van der Waals surface area contributed by atoms with Crippen LogP contribution in [-0.2, 0) is 19.0 Å². The van der Waals surface area contributed by atoms with Crippen LogP contribution in [0, 0.1) is 0 Å². The molecule has 1 aliphatic rings. The average molecular weight is 256 g/mol. The summed E-state index contributed by atoms with van der Waals surface area (Å²) in [5.41, 5.74) is 0. The number of aliphatic hydroxyl groups excluding tert-OH is 3. The molecule has 1 aliphatic heterocycles. The van der Waals surface area contributed by atoms with Gasteiger partial charge in [-0.15, -0.1) is 0 Å². The second kappa shape index (κ2) is 4.94. The third-order valence-electron chi connectivity index (χ3n) is 2.40. The Morgan fingerprint density at radius 1 is 1.19 bits per heavy atom. The van der Waals surface area contributed by atoms with Gasteiger partial charge < -0.3 is 20.1 Å². The minimum Gasteiger partial charge on any atom is -0.388 e. The van der Waals surface area contributed by atoms with Crippen molar-refractivity contribution >= 4 is 10.1 Å². The SMILES string of the molecule is CC1O[C@H](COS(C)(=O)=O)[C@@H](O)[C@H](O)[C@@H]1O. The molecule has 7 nitrogen and oxygen atoms in total. The zero-order valence-corrected chi connectivity index (χ0v) is 9.79. The molecule has 0 aliphatic carbocycles. The highest BCUT2D eigenvalue weighted by Crippen LogP contribution is 2.21. The summed E-state index contributed by atoms with van der Waals surface area (Å²) in [4.78, 5) is 0. The number of aliphatic hydroxyl groups is 3. The Bertz CT molecular complexity index is 327. The van der Waals surface area contributed by atoms with Crippen molar-refractivity contribution in [1.82, 2.24) is 0 Å². The van der Waals surface area contributed by atoms with E-state index in [1.54, 1.807) is 0 Å². The molecule has 3 N–H and O–H groups in total. The monoisotopic (exact) mass is 256 g/mol. The lowest BCUT2D eigenvalue weighted by Crippen LogP contribution is -2.57. The highest BCUT2D eigenvalue weighted by Gasteiger charge is 2.42. The summed E-state index contributed by atoms with van der Waals surface area (Å²) in [6, 6.07) is 0. The normalized spacial score (nSPS) is 40.9. The average Bonchev–Trinajstić information content (AvgIpc) is 2.17. The van der Waals surface area contributed by atoms with Crippen LogP contribution in [0.4, 0.5) is 0 Å². The molecular weight excluding hydrogens is 240 g/mol. The van der Waals surface area contributed by atoms with Gasteiger partial charge in [-0.3, -0.25) is 4.18 Å². The van der Waals surface area contributed by atoms with E-state index in [9.17, 15) is 23.7 Å². The first-order valence-corrected chi connectivity index (χ1v) is 6.58. The molecule has 0 aromatic rings. The molecule has 5 atom stereocenters. The van der Waals surface area contributed by atoms with Crippen LogP contribution in [0.2, 0.25) is 0 Å². The smallest absolute Gasteiger partial charge is 0.264 e. The van der Waals surface area contributed by atoms with Gasteiger partial charge in [0.15, 0.2) is 0 Å². The van der Waals surface area contributed by atoms with Gasteiger partial charge in [-0.25, -0.2) is 0 Å². The minimum atomic E-state index is -3.63. The van der Waals surface area contributed by atoms with Crippen molar-refractivity contribution in [3.63, 3.8) is 0 Å². The molecule has 0 aromatic heterocycles. The Morgan fingerprint density at radius 2 is 1.75 bits per heavy atom. The maximum atomic E-state index is 10.7. The molecule has 1 fully saturated rings. The molecule has 1 saturated heterocycles. The third kappa shape index (κ3) is 3.37. The molecular formula is C8H16O7S. The Hall–Kier alpha value is -0.250. The fourth-order valence-corrected chi connectivity index (χ4v) is 1.85. The molecule has 8 heteroatoms. The largest absolute Gasteiger partial charge is 0.388 e. The van der Waals surface area contributed by atoms with Crippen molar-refractivity contribution in [1.29, 1.82) is 0 Å². The summed E-state index contributed by atoms with van der Waals surface area (Å²) < 4.78 is 31.1. The van der Waals surface area contributed by atoms with Crippen LogP contribution in [0.1, 0.15) is 6.92 Å². The fraction of sp³-hybridized carbons (Fsp3) is 1.00. The van der Waals surface area contributed by atoms with E-state index in [1.807, 2.05) is 0 Å². The third-order valence-corrected chi connectivity index (χ3v) is 2.96. The van der Waals surface area contributed by atoms with Crippen molar-refractivity contribution in [2.75, 3.05) is 12.9 Å². The van der Waals surface area contributed by atoms with E-state index < -0.39 is 47.2 Å². The van der Waals surface area contributed by atoms with Crippen molar-refractivity contribution in [3.8, 4) is 0 Å². The van der Waals surface area contributed by atoms with E-state index in [0.29, 0.717) is 0 Å². The first kappa shape index (κ1) is 13.8. The summed E-state index contributed by atoms with van der Waals surface area (Å²) in [6.07, 6.45) is -4.78. The van der Waals surface area contributed by atoms with Crippen LogP contribution in [0.5, 0.6) is 0 Å². The summed E-state index contributed by atoms with van der Waals surface area (Å²) in [7, 11) is -3.63. The van der Waals surface area contributed by atoms with E-state index in [-0.39, 0.29) is 0 Å². The van der Waals surface area contributed by atoms with Gasteiger partial charge >= 0.3 is 0 Å². The minimum absolute atomic E-state index is 0.395. The van der Waals surface area contributed by atoms with Crippen molar-refractivity contribution in [2.45, 2.75) is 37.4 Å².